The van der Waals surface area contributed by atoms with Crippen molar-refractivity contribution in [1.29, 1.82) is 0 Å². The van der Waals surface area contributed by atoms with E-state index in [-0.39, 0.29) is 0 Å². The summed E-state index contributed by atoms with van der Waals surface area (Å²) in [6.07, 6.45) is 4.07. The molecule has 0 radical (unpaired) electrons. The second-order valence-electron chi connectivity index (χ2n) is 4.08. The summed E-state index contributed by atoms with van der Waals surface area (Å²) >= 11 is 2.03. The molecule has 0 saturated carbocycles. The third kappa shape index (κ3) is 2.75. The van der Waals surface area contributed by atoms with Crippen LogP contribution in [-0.2, 0) is 0 Å². The van der Waals surface area contributed by atoms with Gasteiger partial charge in [0.05, 0.1) is 0 Å². The maximum atomic E-state index is 5.58. The van der Waals surface area contributed by atoms with Crippen LogP contribution in [0.15, 0.2) is 12.4 Å². The van der Waals surface area contributed by atoms with Gasteiger partial charge in [0.2, 0.25) is 0 Å². The summed E-state index contributed by atoms with van der Waals surface area (Å²) in [6, 6.07) is 1.77. The highest BCUT2D eigenvalue weighted by Gasteiger charge is 2.29. The molecule has 82 valence electrons. The van der Waals surface area contributed by atoms with Crippen LogP contribution in [0, 0.1) is 0 Å². The molecule has 0 spiro atoms. The molecule has 3 N–H and O–H groups in total. The predicted octanol–water partition coefficient (Wildman–Crippen LogP) is 1.76. The summed E-state index contributed by atoms with van der Waals surface area (Å²) in [5.41, 5.74) is 5.58. The molecular formula is C10H16N4S. The highest BCUT2D eigenvalue weighted by molar-refractivity contribution is 8.00. The molecule has 1 unspecified atom stereocenters. The third-order valence-corrected chi connectivity index (χ3v) is 4.17. The molecule has 5 heteroatoms. The first kappa shape index (κ1) is 10.5. The standard InChI is InChI=1S/C10H16N4S/c1-10(3-2-4-15-10)6-12-9-5-8(11)13-7-14-9/h5,7H,2-4,6H2,1H3,(H3,11,12,13,14). The second-order valence-corrected chi connectivity index (χ2v) is 5.77. The summed E-state index contributed by atoms with van der Waals surface area (Å²) < 4.78 is 0.347. The van der Waals surface area contributed by atoms with Crippen molar-refractivity contribution in [3.63, 3.8) is 0 Å². The van der Waals surface area contributed by atoms with E-state index in [1.807, 2.05) is 11.8 Å². The summed E-state index contributed by atoms with van der Waals surface area (Å²) in [4.78, 5) is 7.98. The minimum Gasteiger partial charge on any atom is -0.384 e. The van der Waals surface area contributed by atoms with Crippen LogP contribution in [0.2, 0.25) is 0 Å². The number of anilines is 2. The van der Waals surface area contributed by atoms with Gasteiger partial charge in [-0.3, -0.25) is 0 Å². The predicted molar refractivity (Wildman–Crippen MR) is 65.0 cm³/mol. The van der Waals surface area contributed by atoms with E-state index in [1.54, 1.807) is 6.07 Å². The molecule has 4 nitrogen and oxygen atoms in total. The van der Waals surface area contributed by atoms with Crippen molar-refractivity contribution >= 4 is 23.4 Å². The van der Waals surface area contributed by atoms with Crippen molar-refractivity contribution in [2.24, 2.45) is 0 Å². The van der Waals surface area contributed by atoms with Gasteiger partial charge in [0.1, 0.15) is 18.0 Å². The van der Waals surface area contributed by atoms with Gasteiger partial charge in [-0.25, -0.2) is 9.97 Å². The monoisotopic (exact) mass is 224 g/mol. The Labute approximate surface area is 94.1 Å². The van der Waals surface area contributed by atoms with Crippen LogP contribution in [0.5, 0.6) is 0 Å². The third-order valence-electron chi connectivity index (χ3n) is 2.63. The van der Waals surface area contributed by atoms with Crippen LogP contribution in [0.4, 0.5) is 11.6 Å². The highest BCUT2D eigenvalue weighted by Crippen LogP contribution is 2.37. The zero-order valence-electron chi connectivity index (χ0n) is 8.86. The van der Waals surface area contributed by atoms with Crippen molar-refractivity contribution in [3.05, 3.63) is 12.4 Å². The molecule has 1 aromatic rings. The number of nitrogens with two attached hydrogens (primary N) is 1. The molecule has 1 saturated heterocycles. The zero-order valence-corrected chi connectivity index (χ0v) is 9.68. The van der Waals surface area contributed by atoms with E-state index in [1.165, 1.54) is 24.9 Å². The second kappa shape index (κ2) is 4.26. The Balaban J connectivity index is 1.92. The number of nitrogen functional groups attached to an aromatic ring is 1. The largest absolute Gasteiger partial charge is 0.384 e. The molecule has 1 fully saturated rings. The van der Waals surface area contributed by atoms with Crippen molar-refractivity contribution in [1.82, 2.24) is 9.97 Å². The molecule has 1 atom stereocenters. The Kier molecular flexibility index (Phi) is 3.00. The minimum absolute atomic E-state index is 0.347. The van der Waals surface area contributed by atoms with E-state index in [0.29, 0.717) is 10.6 Å². The van der Waals surface area contributed by atoms with Crippen LogP contribution in [0.1, 0.15) is 19.8 Å². The normalized spacial score (nSPS) is 25.4. The van der Waals surface area contributed by atoms with Gasteiger partial charge < -0.3 is 11.1 Å². The highest BCUT2D eigenvalue weighted by atomic mass is 32.2. The van der Waals surface area contributed by atoms with Crippen LogP contribution < -0.4 is 11.1 Å². The molecular weight excluding hydrogens is 208 g/mol. The number of nitrogens with zero attached hydrogens (tertiary/aromatic N) is 2. The van der Waals surface area contributed by atoms with Crippen molar-refractivity contribution in [2.75, 3.05) is 23.3 Å². The number of rotatable bonds is 3. The fraction of sp³-hybridized carbons (Fsp3) is 0.600. The Morgan fingerprint density at radius 1 is 1.60 bits per heavy atom. The van der Waals surface area contributed by atoms with Crippen molar-refractivity contribution < 1.29 is 0 Å². The van der Waals surface area contributed by atoms with Gasteiger partial charge >= 0.3 is 0 Å². The van der Waals surface area contributed by atoms with Crippen LogP contribution >= 0.6 is 11.8 Å². The topological polar surface area (TPSA) is 63.8 Å². The lowest BCUT2D eigenvalue weighted by Crippen LogP contribution is -2.27. The molecule has 15 heavy (non-hydrogen) atoms. The van der Waals surface area contributed by atoms with Gasteiger partial charge in [0.25, 0.3) is 0 Å². The van der Waals surface area contributed by atoms with Crippen molar-refractivity contribution in [3.8, 4) is 0 Å². The fourth-order valence-corrected chi connectivity index (χ4v) is 2.97. The zero-order chi connectivity index (χ0) is 10.7. The van der Waals surface area contributed by atoms with E-state index in [2.05, 4.69) is 22.2 Å². The van der Waals surface area contributed by atoms with Crippen molar-refractivity contribution in [2.45, 2.75) is 24.5 Å². The Bertz CT molecular complexity index is 336. The number of nitrogens with one attached hydrogen (secondary N) is 1. The van der Waals surface area contributed by atoms with Crippen LogP contribution in [-0.4, -0.2) is 27.0 Å². The van der Waals surface area contributed by atoms with Gasteiger partial charge in [-0.1, -0.05) is 0 Å². The van der Waals surface area contributed by atoms with Gasteiger partial charge in [-0.2, -0.15) is 11.8 Å². The first-order valence-corrected chi connectivity index (χ1v) is 6.12. The van der Waals surface area contributed by atoms with E-state index in [0.717, 1.165) is 12.4 Å². The molecule has 0 aliphatic carbocycles. The van der Waals surface area contributed by atoms with Gasteiger partial charge in [-0.15, -0.1) is 0 Å². The summed E-state index contributed by atoms with van der Waals surface area (Å²) in [6.45, 7) is 3.23. The molecule has 1 aliphatic heterocycles. The van der Waals surface area contributed by atoms with E-state index < -0.39 is 0 Å². The Morgan fingerprint density at radius 2 is 2.47 bits per heavy atom. The van der Waals surface area contributed by atoms with Gasteiger partial charge in [-0.05, 0) is 25.5 Å². The minimum atomic E-state index is 0.347. The summed E-state index contributed by atoms with van der Waals surface area (Å²) in [7, 11) is 0. The van der Waals surface area contributed by atoms with E-state index in [4.69, 9.17) is 5.73 Å². The average Bonchev–Trinajstić information content (AvgIpc) is 2.63. The van der Waals surface area contributed by atoms with Crippen LogP contribution in [0.3, 0.4) is 0 Å². The lowest BCUT2D eigenvalue weighted by molar-refractivity contribution is 0.633. The maximum absolute atomic E-state index is 5.58. The lowest BCUT2D eigenvalue weighted by atomic mass is 10.1. The molecule has 0 amide bonds. The molecule has 2 heterocycles. The molecule has 1 aromatic heterocycles. The summed E-state index contributed by atoms with van der Waals surface area (Å²) in [5.74, 6) is 2.59. The Morgan fingerprint density at radius 3 is 3.13 bits per heavy atom. The SMILES string of the molecule is CC1(CNc2cc(N)ncn2)CCCS1. The lowest BCUT2D eigenvalue weighted by Gasteiger charge is -2.23. The number of hydrogen-bond acceptors (Lipinski definition) is 5. The molecule has 2 rings (SSSR count). The Hall–Kier alpha value is -0.970. The first-order valence-electron chi connectivity index (χ1n) is 5.13. The summed E-state index contributed by atoms with van der Waals surface area (Å²) in [5, 5.41) is 3.32. The van der Waals surface area contributed by atoms with Gasteiger partial charge in [0, 0.05) is 17.4 Å². The molecule has 1 aliphatic rings. The molecule has 0 aromatic carbocycles. The first-order chi connectivity index (χ1) is 7.18. The fourth-order valence-electron chi connectivity index (χ4n) is 1.72. The van der Waals surface area contributed by atoms with E-state index in [9.17, 15) is 0 Å². The van der Waals surface area contributed by atoms with Gasteiger partial charge in [0.15, 0.2) is 0 Å². The number of hydrogen-bond donors (Lipinski definition) is 2. The quantitative estimate of drug-likeness (QED) is 0.819. The molecule has 0 bridgehead atoms. The van der Waals surface area contributed by atoms with Crippen LogP contribution in [0.25, 0.3) is 0 Å². The average molecular weight is 224 g/mol. The maximum Gasteiger partial charge on any atom is 0.131 e. The number of aromatic nitrogens is 2. The van der Waals surface area contributed by atoms with E-state index >= 15 is 0 Å². The smallest absolute Gasteiger partial charge is 0.131 e. The number of thioether (sulfide) groups is 1.